The highest BCUT2D eigenvalue weighted by Crippen LogP contribution is 2.42. The maximum atomic E-state index is 5.96. The average Bonchev–Trinajstić information content (AvgIpc) is 2.47. The number of nitrogen functional groups attached to an aromatic ring is 1. The molecular formula is C17H28N4. The summed E-state index contributed by atoms with van der Waals surface area (Å²) in [4.78, 5) is 13.7. The number of nitrogens with two attached hydrogens (primary N) is 1. The molecule has 0 spiro atoms. The number of hydrogen-bond acceptors (Lipinski definition) is 4. The fourth-order valence-corrected chi connectivity index (χ4v) is 3.81. The Morgan fingerprint density at radius 1 is 0.810 bits per heavy atom. The van der Waals surface area contributed by atoms with E-state index in [1.165, 1.54) is 57.8 Å². The van der Waals surface area contributed by atoms with Crippen LogP contribution in [0.1, 0.15) is 95.1 Å². The van der Waals surface area contributed by atoms with Gasteiger partial charge in [0.2, 0.25) is 5.95 Å². The molecule has 2 aliphatic rings. The molecule has 4 heteroatoms. The molecule has 0 aromatic carbocycles. The maximum absolute atomic E-state index is 5.96. The number of anilines is 1. The van der Waals surface area contributed by atoms with Crippen molar-refractivity contribution in [2.75, 3.05) is 5.73 Å². The number of rotatable bonds is 2. The van der Waals surface area contributed by atoms with Gasteiger partial charge in [-0.1, -0.05) is 33.1 Å². The summed E-state index contributed by atoms with van der Waals surface area (Å²) in [5, 5.41) is 0. The normalized spacial score (nSPS) is 24.1. The van der Waals surface area contributed by atoms with Crippen LogP contribution in [-0.4, -0.2) is 15.0 Å². The predicted octanol–water partition coefficient (Wildman–Crippen LogP) is 4.19. The van der Waals surface area contributed by atoms with Gasteiger partial charge in [0.05, 0.1) is 0 Å². The molecule has 0 aliphatic heterocycles. The summed E-state index contributed by atoms with van der Waals surface area (Å²) >= 11 is 0. The first-order chi connectivity index (χ1) is 10.0. The van der Waals surface area contributed by atoms with Crippen LogP contribution < -0.4 is 5.73 Å². The van der Waals surface area contributed by atoms with E-state index in [9.17, 15) is 0 Å². The average molecular weight is 288 g/mol. The van der Waals surface area contributed by atoms with Crippen LogP contribution in [0.15, 0.2) is 0 Å². The predicted molar refractivity (Wildman–Crippen MR) is 85.1 cm³/mol. The van der Waals surface area contributed by atoms with Gasteiger partial charge in [-0.2, -0.15) is 9.97 Å². The number of aromatic nitrogens is 3. The fourth-order valence-electron chi connectivity index (χ4n) is 3.81. The molecule has 0 unspecified atom stereocenters. The quantitative estimate of drug-likeness (QED) is 0.886. The molecular weight excluding hydrogens is 260 g/mol. The zero-order chi connectivity index (χ0) is 14.9. The van der Waals surface area contributed by atoms with E-state index in [2.05, 4.69) is 23.8 Å². The Morgan fingerprint density at radius 3 is 1.90 bits per heavy atom. The van der Waals surface area contributed by atoms with Crippen LogP contribution in [0.3, 0.4) is 0 Å². The second-order valence-electron chi connectivity index (χ2n) is 7.68. The molecule has 1 aromatic rings. The lowest BCUT2D eigenvalue weighted by atomic mass is 9.73. The third-order valence-electron chi connectivity index (χ3n) is 5.36. The lowest BCUT2D eigenvalue weighted by molar-refractivity contribution is 0.220. The van der Waals surface area contributed by atoms with Crippen LogP contribution in [-0.2, 0) is 0 Å². The van der Waals surface area contributed by atoms with Gasteiger partial charge in [-0.3, -0.25) is 0 Å². The molecule has 116 valence electrons. The van der Waals surface area contributed by atoms with Crippen LogP contribution in [0.4, 0.5) is 5.95 Å². The molecule has 3 rings (SSSR count). The first-order valence-corrected chi connectivity index (χ1v) is 8.55. The van der Waals surface area contributed by atoms with Crippen molar-refractivity contribution in [1.82, 2.24) is 15.0 Å². The van der Waals surface area contributed by atoms with Crippen LogP contribution >= 0.6 is 0 Å². The number of hydrogen-bond donors (Lipinski definition) is 1. The topological polar surface area (TPSA) is 64.7 Å². The highest BCUT2D eigenvalue weighted by Gasteiger charge is 2.30. The Kier molecular flexibility index (Phi) is 4.14. The first-order valence-electron chi connectivity index (χ1n) is 8.55. The minimum absolute atomic E-state index is 0.422. The van der Waals surface area contributed by atoms with Gasteiger partial charge in [0.15, 0.2) is 0 Å². The van der Waals surface area contributed by atoms with Crippen molar-refractivity contribution >= 4 is 5.95 Å². The van der Waals surface area contributed by atoms with Crippen molar-refractivity contribution < 1.29 is 0 Å². The van der Waals surface area contributed by atoms with Gasteiger partial charge in [0.1, 0.15) is 11.6 Å². The highest BCUT2D eigenvalue weighted by atomic mass is 15.1. The van der Waals surface area contributed by atoms with Crippen LogP contribution in [0.5, 0.6) is 0 Å². The van der Waals surface area contributed by atoms with Crippen LogP contribution in [0, 0.1) is 5.41 Å². The third-order valence-corrected chi connectivity index (χ3v) is 5.36. The van der Waals surface area contributed by atoms with Crippen molar-refractivity contribution in [2.45, 2.75) is 83.5 Å². The van der Waals surface area contributed by atoms with Crippen molar-refractivity contribution in [1.29, 1.82) is 0 Å². The lowest BCUT2D eigenvalue weighted by Crippen LogP contribution is -2.22. The lowest BCUT2D eigenvalue weighted by Gasteiger charge is -2.33. The zero-order valence-corrected chi connectivity index (χ0v) is 13.4. The highest BCUT2D eigenvalue weighted by molar-refractivity contribution is 5.19. The van der Waals surface area contributed by atoms with E-state index in [1.54, 1.807) is 0 Å². The molecule has 0 radical (unpaired) electrons. The van der Waals surface area contributed by atoms with Crippen molar-refractivity contribution in [2.24, 2.45) is 5.41 Å². The number of nitrogens with zero attached hydrogens (tertiary/aromatic N) is 3. The monoisotopic (exact) mass is 288 g/mol. The standard InChI is InChI=1S/C17H28N4/c1-17(2)10-8-13(9-11-17)15-19-14(20-16(18)21-15)12-6-4-3-5-7-12/h12-13H,3-11H2,1-2H3,(H2,18,19,20,21). The molecule has 2 N–H and O–H groups in total. The second kappa shape index (κ2) is 5.90. The van der Waals surface area contributed by atoms with Crippen molar-refractivity contribution in [3.8, 4) is 0 Å². The van der Waals surface area contributed by atoms with E-state index in [-0.39, 0.29) is 0 Å². The minimum atomic E-state index is 0.422. The molecule has 0 bridgehead atoms. The Balaban J connectivity index is 1.78. The van der Waals surface area contributed by atoms with Gasteiger partial charge < -0.3 is 5.73 Å². The summed E-state index contributed by atoms with van der Waals surface area (Å²) in [7, 11) is 0. The first kappa shape index (κ1) is 14.7. The molecule has 2 fully saturated rings. The van der Waals surface area contributed by atoms with Gasteiger partial charge in [0, 0.05) is 11.8 Å². The second-order valence-corrected chi connectivity index (χ2v) is 7.68. The fraction of sp³-hybridized carbons (Fsp3) is 0.824. The molecule has 1 aromatic heterocycles. The van der Waals surface area contributed by atoms with E-state index < -0.39 is 0 Å². The summed E-state index contributed by atoms with van der Waals surface area (Å²) in [6.45, 7) is 4.72. The molecule has 4 nitrogen and oxygen atoms in total. The summed E-state index contributed by atoms with van der Waals surface area (Å²) in [5.41, 5.74) is 6.44. The van der Waals surface area contributed by atoms with Crippen molar-refractivity contribution in [3.05, 3.63) is 11.6 Å². The maximum Gasteiger partial charge on any atom is 0.223 e. The Labute approximate surface area is 128 Å². The molecule has 21 heavy (non-hydrogen) atoms. The molecule has 2 saturated carbocycles. The van der Waals surface area contributed by atoms with Gasteiger partial charge in [0.25, 0.3) is 0 Å². The zero-order valence-electron chi connectivity index (χ0n) is 13.4. The Hall–Kier alpha value is -1.19. The molecule has 0 amide bonds. The largest absolute Gasteiger partial charge is 0.368 e. The van der Waals surface area contributed by atoms with Crippen LogP contribution in [0.25, 0.3) is 0 Å². The third kappa shape index (κ3) is 3.53. The molecule has 1 heterocycles. The van der Waals surface area contributed by atoms with Gasteiger partial charge >= 0.3 is 0 Å². The smallest absolute Gasteiger partial charge is 0.223 e. The molecule has 0 saturated heterocycles. The van der Waals surface area contributed by atoms with Gasteiger partial charge in [-0.15, -0.1) is 0 Å². The summed E-state index contributed by atoms with van der Waals surface area (Å²) in [5.74, 6) is 3.32. The van der Waals surface area contributed by atoms with E-state index in [0.717, 1.165) is 11.6 Å². The summed E-state index contributed by atoms with van der Waals surface area (Å²) in [6.07, 6.45) is 11.2. The van der Waals surface area contributed by atoms with E-state index in [0.29, 0.717) is 23.2 Å². The molecule has 2 aliphatic carbocycles. The van der Waals surface area contributed by atoms with E-state index in [1.807, 2.05) is 0 Å². The van der Waals surface area contributed by atoms with E-state index >= 15 is 0 Å². The van der Waals surface area contributed by atoms with Gasteiger partial charge in [-0.25, -0.2) is 4.98 Å². The van der Waals surface area contributed by atoms with E-state index in [4.69, 9.17) is 10.7 Å². The van der Waals surface area contributed by atoms with Crippen molar-refractivity contribution in [3.63, 3.8) is 0 Å². The van der Waals surface area contributed by atoms with Crippen LogP contribution in [0.2, 0.25) is 0 Å². The van der Waals surface area contributed by atoms with Gasteiger partial charge in [-0.05, 0) is 43.9 Å². The Bertz CT molecular complexity index is 482. The minimum Gasteiger partial charge on any atom is -0.368 e. The summed E-state index contributed by atoms with van der Waals surface area (Å²) < 4.78 is 0. The summed E-state index contributed by atoms with van der Waals surface area (Å²) in [6, 6.07) is 0. The molecule has 0 atom stereocenters. The SMILES string of the molecule is CC1(C)CCC(c2nc(N)nc(C3CCCCC3)n2)CC1. The Morgan fingerprint density at radius 2 is 1.33 bits per heavy atom.